The van der Waals surface area contributed by atoms with E-state index in [4.69, 9.17) is 9.79 Å². The zero-order valence-corrected chi connectivity index (χ0v) is 5.75. The van der Waals surface area contributed by atoms with Gasteiger partial charge in [-0.2, -0.15) is 0 Å². The Morgan fingerprint density at radius 3 is 1.78 bits per heavy atom. The van der Waals surface area contributed by atoms with Crippen LogP contribution in [-0.2, 0) is 9.09 Å². The van der Waals surface area contributed by atoms with Crippen LogP contribution < -0.4 is 12.3 Å². The van der Waals surface area contributed by atoms with E-state index in [1.54, 1.807) is 0 Å². The molecular weight excluding hydrogens is 147 g/mol. The van der Waals surface area contributed by atoms with E-state index in [0.717, 1.165) is 0 Å². The highest BCUT2D eigenvalue weighted by Crippen LogP contribution is 2.35. The van der Waals surface area contributed by atoms with Crippen molar-refractivity contribution in [3.8, 4) is 0 Å². The molecule has 0 amide bonds. The van der Waals surface area contributed by atoms with Gasteiger partial charge in [-0.1, -0.05) is 6.58 Å². The summed E-state index contributed by atoms with van der Waals surface area (Å²) in [7, 11) is -4.28. The molecule has 58 valence electrons. The fourth-order valence-electron chi connectivity index (χ4n) is 0.0971. The predicted molar refractivity (Wildman–Crippen MR) is 33.4 cm³/mol. The van der Waals surface area contributed by atoms with Crippen LogP contribution in [0.4, 0.5) is 0 Å². The number of phosphoric acid groups is 1. The first-order valence-corrected chi connectivity index (χ1v) is 2.94. The van der Waals surface area contributed by atoms with Gasteiger partial charge in [0, 0.05) is 0 Å². The zero-order chi connectivity index (χ0) is 5.91. The van der Waals surface area contributed by atoms with E-state index < -0.39 is 7.82 Å². The molecule has 0 aromatic rings. The van der Waals surface area contributed by atoms with E-state index in [-0.39, 0.29) is 12.3 Å². The highest BCUT2D eigenvalue weighted by Gasteiger charge is 2.10. The Bertz CT molecular complexity index is 109. The van der Waals surface area contributed by atoms with Crippen LogP contribution >= 0.6 is 7.82 Å². The fraction of sp³-hybridized carbons (Fsp3) is 0. The molecule has 0 bridgehead atoms. The number of rotatable bonds is 2. The second-order valence-corrected chi connectivity index (χ2v) is 1.95. The van der Waals surface area contributed by atoms with Gasteiger partial charge in [-0.05, 0) is 0 Å². The van der Waals surface area contributed by atoms with Crippen LogP contribution in [0.25, 0.3) is 0 Å². The lowest BCUT2D eigenvalue weighted by atomic mass is 11.2. The third-order valence-electron chi connectivity index (χ3n) is 0.212. The van der Waals surface area contributed by atoms with Crippen LogP contribution in [0.1, 0.15) is 0 Å². The Morgan fingerprint density at radius 2 is 1.78 bits per heavy atom. The van der Waals surface area contributed by atoms with Gasteiger partial charge in [-0.25, -0.2) is 4.57 Å². The topological polar surface area (TPSA) is 137 Å². The summed E-state index contributed by atoms with van der Waals surface area (Å²) >= 11 is 0. The monoisotopic (exact) mass is 158 g/mol. The van der Waals surface area contributed by atoms with Crippen molar-refractivity contribution >= 4 is 7.82 Å². The molecule has 0 aromatic carbocycles. The largest absolute Gasteiger partial charge is 0.524 e. The zero-order valence-electron chi connectivity index (χ0n) is 4.86. The molecule has 0 aromatic heterocycles. The minimum Gasteiger partial charge on any atom is -0.413 e. The van der Waals surface area contributed by atoms with Crippen molar-refractivity contribution in [3.05, 3.63) is 12.8 Å². The van der Waals surface area contributed by atoms with Crippen LogP contribution in [-0.4, -0.2) is 9.79 Å². The number of phosphoric ester groups is 1. The average Bonchev–Trinajstić information content (AvgIpc) is 1.30. The Morgan fingerprint density at radius 1 is 1.44 bits per heavy atom. The van der Waals surface area contributed by atoms with Crippen molar-refractivity contribution in [2.45, 2.75) is 0 Å². The molecule has 8 N–H and O–H groups in total. The minimum absolute atomic E-state index is 0. The van der Waals surface area contributed by atoms with Gasteiger partial charge in [-0.15, -0.1) is 0 Å². The smallest absolute Gasteiger partial charge is 0.413 e. The molecule has 0 atom stereocenters. The van der Waals surface area contributed by atoms with Crippen molar-refractivity contribution < 1.29 is 18.9 Å². The molecule has 0 fully saturated rings. The van der Waals surface area contributed by atoms with Gasteiger partial charge in [0.05, 0.1) is 6.26 Å². The second kappa shape index (κ2) is 5.74. The summed E-state index contributed by atoms with van der Waals surface area (Å²) in [5, 5.41) is 0. The Kier molecular flexibility index (Phi) is 10.1. The highest BCUT2D eigenvalue weighted by molar-refractivity contribution is 7.46. The molecule has 0 spiro atoms. The Hall–Kier alpha value is -0.390. The quantitative estimate of drug-likeness (QED) is 0.342. The van der Waals surface area contributed by atoms with Gasteiger partial charge in [0.1, 0.15) is 0 Å². The van der Waals surface area contributed by atoms with Crippen LogP contribution in [0, 0.1) is 0 Å². The SMILES string of the molecule is C=COP(=O)(O)O.N.N. The highest BCUT2D eigenvalue weighted by atomic mass is 31.2. The Balaban J connectivity index is -0.000000180. The molecule has 6 nitrogen and oxygen atoms in total. The Labute approximate surface area is 52.9 Å². The molecule has 0 unspecified atom stereocenters. The lowest BCUT2D eigenvalue weighted by Crippen LogP contribution is -1.75. The van der Waals surface area contributed by atoms with E-state index in [2.05, 4.69) is 11.1 Å². The summed E-state index contributed by atoms with van der Waals surface area (Å²) in [4.78, 5) is 15.7. The molecular formula is C2H11N2O4P. The molecule has 0 rings (SSSR count). The summed E-state index contributed by atoms with van der Waals surface area (Å²) in [5.74, 6) is 0. The van der Waals surface area contributed by atoms with E-state index in [0.29, 0.717) is 6.26 Å². The summed E-state index contributed by atoms with van der Waals surface area (Å²) < 4.78 is 13.3. The van der Waals surface area contributed by atoms with Gasteiger partial charge in [-0.3, -0.25) is 9.79 Å². The number of hydrogen-bond donors (Lipinski definition) is 4. The fourth-order valence-corrected chi connectivity index (χ4v) is 0.291. The molecule has 0 aliphatic rings. The molecule has 0 radical (unpaired) electrons. The first-order valence-electron chi connectivity index (χ1n) is 1.41. The molecule has 0 heterocycles. The van der Waals surface area contributed by atoms with Crippen LogP contribution in [0.2, 0.25) is 0 Å². The third-order valence-corrected chi connectivity index (χ3v) is 0.636. The van der Waals surface area contributed by atoms with Gasteiger partial charge in [0.15, 0.2) is 0 Å². The van der Waals surface area contributed by atoms with Crippen LogP contribution in [0.3, 0.4) is 0 Å². The van der Waals surface area contributed by atoms with E-state index in [1.807, 2.05) is 0 Å². The lowest BCUT2D eigenvalue weighted by molar-refractivity contribution is 0.259. The molecule has 7 heteroatoms. The average molecular weight is 158 g/mol. The predicted octanol–water partition coefficient (Wildman–Crippen LogP) is 0.563. The molecule has 0 aliphatic heterocycles. The maximum absolute atomic E-state index is 9.63. The molecule has 9 heavy (non-hydrogen) atoms. The minimum atomic E-state index is -4.28. The second-order valence-electron chi connectivity index (χ2n) is 0.763. The van der Waals surface area contributed by atoms with Gasteiger partial charge < -0.3 is 16.8 Å². The summed E-state index contributed by atoms with van der Waals surface area (Å²) in [6.45, 7) is 2.93. The van der Waals surface area contributed by atoms with Crippen molar-refractivity contribution in [2.24, 2.45) is 0 Å². The van der Waals surface area contributed by atoms with Crippen LogP contribution in [0.5, 0.6) is 0 Å². The third kappa shape index (κ3) is 18.4. The first kappa shape index (κ1) is 15.8. The van der Waals surface area contributed by atoms with Crippen molar-refractivity contribution in [1.29, 1.82) is 0 Å². The van der Waals surface area contributed by atoms with E-state index >= 15 is 0 Å². The van der Waals surface area contributed by atoms with Gasteiger partial charge in [0.25, 0.3) is 0 Å². The van der Waals surface area contributed by atoms with Gasteiger partial charge in [0.2, 0.25) is 0 Å². The van der Waals surface area contributed by atoms with Crippen molar-refractivity contribution in [2.75, 3.05) is 0 Å². The normalized spacial score (nSPS) is 8.22. The maximum atomic E-state index is 9.63. The van der Waals surface area contributed by atoms with Crippen LogP contribution in [0.15, 0.2) is 12.8 Å². The van der Waals surface area contributed by atoms with Gasteiger partial charge >= 0.3 is 7.82 Å². The van der Waals surface area contributed by atoms with E-state index in [9.17, 15) is 4.57 Å². The van der Waals surface area contributed by atoms with Crippen molar-refractivity contribution in [1.82, 2.24) is 12.3 Å². The molecule has 0 aliphatic carbocycles. The first-order chi connectivity index (χ1) is 3.06. The summed E-state index contributed by atoms with van der Waals surface area (Å²) in [5.41, 5.74) is 0. The standard InChI is InChI=1S/C2H5O4P.2H3N/c1-2-6-7(3,4)5;;/h2H,1H2,(H2,3,4,5);2*1H3. The maximum Gasteiger partial charge on any atom is 0.524 e. The lowest BCUT2D eigenvalue weighted by Gasteiger charge is -1.96. The summed E-state index contributed by atoms with van der Waals surface area (Å²) in [6.07, 6.45) is 0.695. The number of hydrogen-bond acceptors (Lipinski definition) is 4. The van der Waals surface area contributed by atoms with E-state index in [1.165, 1.54) is 0 Å². The van der Waals surface area contributed by atoms with Crippen molar-refractivity contribution in [3.63, 3.8) is 0 Å². The summed E-state index contributed by atoms with van der Waals surface area (Å²) in [6, 6.07) is 0. The molecule has 0 saturated carbocycles. The molecule has 0 saturated heterocycles.